The van der Waals surface area contributed by atoms with E-state index in [-0.39, 0.29) is 29.3 Å². The van der Waals surface area contributed by atoms with Crippen LogP contribution in [0.3, 0.4) is 0 Å². The lowest BCUT2D eigenvalue weighted by atomic mass is 9.82. The number of carbonyl (C=O) groups is 2. The van der Waals surface area contributed by atoms with Crippen molar-refractivity contribution in [2.24, 2.45) is 5.10 Å². The van der Waals surface area contributed by atoms with Crippen molar-refractivity contribution in [3.05, 3.63) is 70.6 Å². The predicted octanol–water partition coefficient (Wildman–Crippen LogP) is 2.73. The summed E-state index contributed by atoms with van der Waals surface area (Å²) in [4.78, 5) is 31.6. The number of hydrogen-bond acceptors (Lipinski definition) is 6. The van der Waals surface area contributed by atoms with Crippen LogP contribution in [0.5, 0.6) is 0 Å². The first-order valence-corrected chi connectivity index (χ1v) is 10.3. The van der Waals surface area contributed by atoms with Crippen molar-refractivity contribution in [3.8, 4) is 0 Å². The Balaban J connectivity index is 1.48. The van der Waals surface area contributed by atoms with Gasteiger partial charge in [-0.25, -0.2) is 5.01 Å². The van der Waals surface area contributed by atoms with Crippen molar-refractivity contribution >= 4 is 34.6 Å². The van der Waals surface area contributed by atoms with Crippen LogP contribution >= 0.6 is 0 Å². The Bertz CT molecular complexity index is 1260. The van der Waals surface area contributed by atoms with Crippen molar-refractivity contribution in [2.75, 3.05) is 11.8 Å². The van der Waals surface area contributed by atoms with Gasteiger partial charge in [0.1, 0.15) is 12.6 Å². The van der Waals surface area contributed by atoms with Crippen LogP contribution in [0.25, 0.3) is 10.9 Å². The minimum atomic E-state index is -0.674. The van der Waals surface area contributed by atoms with E-state index in [4.69, 9.17) is 5.21 Å². The summed E-state index contributed by atoms with van der Waals surface area (Å²) in [6, 6.07) is 13.4. The second-order valence-electron chi connectivity index (χ2n) is 8.58. The Hall–Kier alpha value is -3.69. The molecule has 1 atom stereocenters. The number of H-pyrrole nitrogens is 1. The summed E-state index contributed by atoms with van der Waals surface area (Å²) in [6.07, 6.45) is 1.81. The van der Waals surface area contributed by atoms with E-state index >= 15 is 0 Å². The van der Waals surface area contributed by atoms with Gasteiger partial charge in [0, 0.05) is 23.0 Å². The van der Waals surface area contributed by atoms with Crippen LogP contribution < -0.4 is 5.23 Å². The summed E-state index contributed by atoms with van der Waals surface area (Å²) in [7, 11) is 0. The highest BCUT2D eigenvalue weighted by Gasteiger charge is 2.51. The number of nitrogens with one attached hydrogen (secondary N) is 1. The Morgan fingerprint density at radius 1 is 1.22 bits per heavy atom. The van der Waals surface area contributed by atoms with Gasteiger partial charge in [0.05, 0.1) is 17.4 Å². The van der Waals surface area contributed by atoms with Gasteiger partial charge in [-0.1, -0.05) is 30.3 Å². The number of anilines is 1. The third kappa shape index (κ3) is 3.05. The number of hydrazone groups is 1. The van der Waals surface area contributed by atoms with Crippen LogP contribution in [-0.2, 0) is 21.5 Å². The Kier molecular flexibility index (Phi) is 4.54. The summed E-state index contributed by atoms with van der Waals surface area (Å²) in [5, 5.41) is 26.4. The van der Waals surface area contributed by atoms with E-state index in [2.05, 4.69) is 10.1 Å². The molecule has 2 aromatic carbocycles. The number of aromatic nitrogens is 1. The molecule has 0 radical (unpaired) electrons. The number of piperazine rings is 1. The molecule has 0 aliphatic carbocycles. The molecule has 0 spiro atoms. The maximum Gasteiger partial charge on any atom is 0.266 e. The van der Waals surface area contributed by atoms with Crippen LogP contribution in [0, 0.1) is 5.21 Å². The number of carbonyl (C=O) groups excluding carboxylic acids is 2. The smallest absolute Gasteiger partial charge is 0.266 e. The molecule has 0 saturated carbocycles. The van der Waals surface area contributed by atoms with E-state index < -0.39 is 11.6 Å². The molecule has 3 aromatic rings. The van der Waals surface area contributed by atoms with Gasteiger partial charge < -0.3 is 20.3 Å². The monoisotopic (exact) mass is 432 g/mol. The predicted molar refractivity (Wildman–Crippen MR) is 119 cm³/mol. The van der Waals surface area contributed by atoms with E-state index in [1.54, 1.807) is 17.0 Å². The Labute approximate surface area is 184 Å². The molecule has 2 aliphatic heterocycles. The number of hydrogen-bond donors (Lipinski definition) is 2. The lowest BCUT2D eigenvalue weighted by Gasteiger charge is -2.50. The maximum absolute atomic E-state index is 13.4. The highest BCUT2D eigenvalue weighted by Crippen LogP contribution is 2.42. The van der Waals surface area contributed by atoms with Crippen molar-refractivity contribution in [1.29, 1.82) is 0 Å². The molecule has 9 nitrogen and oxygen atoms in total. The molecule has 2 aliphatic rings. The summed E-state index contributed by atoms with van der Waals surface area (Å²) >= 11 is 0. The average Bonchev–Trinajstić information content (AvgIpc) is 3.15. The Morgan fingerprint density at radius 2 is 2.00 bits per heavy atom. The molecule has 164 valence electrons. The molecule has 1 aromatic heterocycles. The molecule has 1 fully saturated rings. The minimum absolute atomic E-state index is 0.0436. The molecule has 2 amide bonds. The SMILES string of the molecule is CC1(C)c2[nH]c3ccccc3c2CC2C(=O)N(N=Cc3cccc(N([O-])O)c3)CC(=O)N21. The second kappa shape index (κ2) is 7.18. The highest BCUT2D eigenvalue weighted by atomic mass is 16.8. The summed E-state index contributed by atoms with van der Waals surface area (Å²) in [5.41, 5.74) is 2.87. The summed E-state index contributed by atoms with van der Waals surface area (Å²) in [5.74, 6) is -0.440. The normalized spacial score (nSPS) is 20.1. The number of benzene rings is 2. The molecule has 9 heteroatoms. The number of amides is 2. The number of para-hydroxylation sites is 1. The minimum Gasteiger partial charge on any atom is -0.733 e. The van der Waals surface area contributed by atoms with Gasteiger partial charge in [-0.2, -0.15) is 5.10 Å². The lowest BCUT2D eigenvalue weighted by Crippen LogP contribution is -2.66. The van der Waals surface area contributed by atoms with E-state index in [1.165, 1.54) is 23.4 Å². The summed E-state index contributed by atoms with van der Waals surface area (Å²) < 4.78 is 0. The quantitative estimate of drug-likeness (QED) is 0.488. The zero-order valence-electron chi connectivity index (χ0n) is 17.6. The fourth-order valence-electron chi connectivity index (χ4n) is 4.82. The fraction of sp³-hybridized carbons (Fsp3) is 0.261. The lowest BCUT2D eigenvalue weighted by molar-refractivity contribution is -0.163. The molecule has 32 heavy (non-hydrogen) atoms. The standard InChI is InChI=1S/C23H22N5O4/c1-23(2)21-17(16-8-3-4-9-18(16)25-21)11-19-22(30)26(13-20(29)27(19)23)24-12-14-6-5-7-15(10-14)28(31)32/h3-10,12,19,25,31H,11,13H2,1-2H3/q-1. The third-order valence-electron chi connectivity index (χ3n) is 6.27. The molecular weight excluding hydrogens is 410 g/mol. The van der Waals surface area contributed by atoms with Gasteiger partial charge in [0.2, 0.25) is 5.91 Å². The first-order chi connectivity index (χ1) is 15.3. The number of rotatable bonds is 3. The average molecular weight is 432 g/mol. The highest BCUT2D eigenvalue weighted by molar-refractivity contribution is 5.98. The van der Waals surface area contributed by atoms with Gasteiger partial charge in [0.25, 0.3) is 5.91 Å². The van der Waals surface area contributed by atoms with Crippen LogP contribution in [0.2, 0.25) is 0 Å². The Morgan fingerprint density at radius 3 is 2.78 bits per heavy atom. The first-order valence-electron chi connectivity index (χ1n) is 10.3. The zero-order chi connectivity index (χ0) is 22.6. The topological polar surface area (TPSA) is 115 Å². The fourth-order valence-corrected chi connectivity index (χ4v) is 4.82. The van der Waals surface area contributed by atoms with Gasteiger partial charge in [0.15, 0.2) is 0 Å². The van der Waals surface area contributed by atoms with Gasteiger partial charge >= 0.3 is 0 Å². The maximum atomic E-state index is 13.4. The first kappa shape index (κ1) is 20.2. The third-order valence-corrected chi connectivity index (χ3v) is 6.27. The van der Waals surface area contributed by atoms with Crippen molar-refractivity contribution in [1.82, 2.24) is 14.9 Å². The van der Waals surface area contributed by atoms with Gasteiger partial charge in [-0.05, 0) is 43.2 Å². The van der Waals surface area contributed by atoms with Crippen molar-refractivity contribution in [2.45, 2.75) is 31.8 Å². The van der Waals surface area contributed by atoms with E-state index in [0.717, 1.165) is 22.2 Å². The number of fused-ring (bicyclic) bond motifs is 4. The van der Waals surface area contributed by atoms with Crippen LogP contribution in [0.15, 0.2) is 53.6 Å². The zero-order valence-corrected chi connectivity index (χ0v) is 17.6. The van der Waals surface area contributed by atoms with Gasteiger partial charge in [-0.3, -0.25) is 14.8 Å². The summed E-state index contributed by atoms with van der Waals surface area (Å²) in [6.45, 7) is 3.73. The molecule has 0 bridgehead atoms. The van der Waals surface area contributed by atoms with Crippen LogP contribution in [-0.4, -0.2) is 50.7 Å². The molecular formula is C23H22N5O4-. The van der Waals surface area contributed by atoms with Crippen molar-refractivity contribution in [3.63, 3.8) is 0 Å². The molecule has 5 rings (SSSR count). The molecule has 2 N–H and O–H groups in total. The van der Waals surface area contributed by atoms with E-state index in [9.17, 15) is 14.8 Å². The van der Waals surface area contributed by atoms with E-state index in [0.29, 0.717) is 12.0 Å². The molecule has 1 saturated heterocycles. The number of nitrogens with zero attached hydrogens (tertiary/aromatic N) is 4. The largest absolute Gasteiger partial charge is 0.733 e. The molecule has 1 unspecified atom stereocenters. The van der Waals surface area contributed by atoms with Crippen LogP contribution in [0.4, 0.5) is 5.69 Å². The van der Waals surface area contributed by atoms with Crippen molar-refractivity contribution < 1.29 is 14.8 Å². The van der Waals surface area contributed by atoms with Gasteiger partial charge in [-0.15, -0.1) is 0 Å². The second-order valence-corrected chi connectivity index (χ2v) is 8.58. The van der Waals surface area contributed by atoms with E-state index in [1.807, 2.05) is 38.1 Å². The number of aromatic amines is 1. The van der Waals surface area contributed by atoms with Crippen LogP contribution in [0.1, 0.15) is 30.7 Å². The molecule has 3 heterocycles.